The molecule has 2 atom stereocenters. The maximum Gasteiger partial charge on any atom is 0.312 e. The maximum atomic E-state index is 12.0. The molecule has 0 bridgehead atoms. The highest BCUT2D eigenvalue weighted by Crippen LogP contribution is 2.29. The van der Waals surface area contributed by atoms with E-state index in [1.165, 1.54) is 0 Å². The third kappa shape index (κ3) is 3.33. The molecule has 4 N–H and O–H groups in total. The molecule has 17 heavy (non-hydrogen) atoms. The fourth-order valence-corrected chi connectivity index (χ4v) is 2.08. The van der Waals surface area contributed by atoms with Crippen LogP contribution in [0, 0.1) is 5.41 Å². The predicted molar refractivity (Wildman–Crippen MR) is 63.2 cm³/mol. The molecule has 0 spiro atoms. The summed E-state index contributed by atoms with van der Waals surface area (Å²) in [4.78, 5) is 24.3. The average Bonchev–Trinajstić information content (AvgIpc) is 2.20. The van der Waals surface area contributed by atoms with Gasteiger partial charge in [0.05, 0.1) is 6.10 Å². The molecule has 2 unspecified atom stereocenters. The molecule has 1 aliphatic heterocycles. The van der Waals surface area contributed by atoms with Gasteiger partial charge in [0.2, 0.25) is 5.91 Å². The van der Waals surface area contributed by atoms with Crippen molar-refractivity contribution in [3.8, 4) is 0 Å². The Morgan fingerprint density at radius 3 is 2.59 bits per heavy atom. The summed E-state index contributed by atoms with van der Waals surface area (Å²) in [6.07, 6.45) is 0.160. The molecule has 0 aromatic heterocycles. The summed E-state index contributed by atoms with van der Waals surface area (Å²) in [5, 5.41) is 12.2. The number of aliphatic hydroxyl groups is 1. The second kappa shape index (κ2) is 4.91. The van der Waals surface area contributed by atoms with Gasteiger partial charge in [0.25, 0.3) is 0 Å². The first-order valence-electron chi connectivity index (χ1n) is 5.77. The number of nitrogens with zero attached hydrogens (tertiary/aromatic N) is 1. The molecule has 1 saturated heterocycles. The van der Waals surface area contributed by atoms with E-state index >= 15 is 0 Å². The minimum Gasteiger partial charge on any atom is -0.392 e. The van der Waals surface area contributed by atoms with Crippen LogP contribution >= 0.6 is 0 Å². The van der Waals surface area contributed by atoms with Crippen molar-refractivity contribution in [1.29, 1.82) is 0 Å². The normalized spacial score (nSPS) is 25.2. The van der Waals surface area contributed by atoms with Crippen LogP contribution in [0.1, 0.15) is 27.2 Å². The number of primary amides is 1. The van der Waals surface area contributed by atoms with Crippen LogP contribution in [-0.2, 0) is 4.79 Å². The molecule has 0 aliphatic carbocycles. The van der Waals surface area contributed by atoms with Crippen molar-refractivity contribution in [3.63, 3.8) is 0 Å². The van der Waals surface area contributed by atoms with Crippen molar-refractivity contribution in [2.24, 2.45) is 11.1 Å². The fourth-order valence-electron chi connectivity index (χ4n) is 2.08. The zero-order valence-corrected chi connectivity index (χ0v) is 10.6. The Labute approximate surface area is 101 Å². The highest BCUT2D eigenvalue weighted by Gasteiger charge is 2.37. The monoisotopic (exact) mass is 243 g/mol. The highest BCUT2D eigenvalue weighted by atomic mass is 16.3. The van der Waals surface area contributed by atoms with Gasteiger partial charge in [0, 0.05) is 18.5 Å². The first-order valence-corrected chi connectivity index (χ1v) is 5.77. The van der Waals surface area contributed by atoms with Crippen LogP contribution in [0.5, 0.6) is 0 Å². The number of nitrogens with two attached hydrogens (primary N) is 1. The van der Waals surface area contributed by atoms with E-state index in [1.54, 1.807) is 11.8 Å². The van der Waals surface area contributed by atoms with E-state index in [-0.39, 0.29) is 11.3 Å². The summed E-state index contributed by atoms with van der Waals surface area (Å²) >= 11 is 0. The molecule has 6 heteroatoms. The van der Waals surface area contributed by atoms with Crippen molar-refractivity contribution in [1.82, 2.24) is 10.2 Å². The molecule has 0 aromatic carbocycles. The lowest BCUT2D eigenvalue weighted by Crippen LogP contribution is -2.55. The number of hydrogen-bond donors (Lipinski definition) is 3. The average molecular weight is 243 g/mol. The van der Waals surface area contributed by atoms with Crippen molar-refractivity contribution >= 4 is 11.9 Å². The summed E-state index contributed by atoms with van der Waals surface area (Å²) in [7, 11) is 0. The van der Waals surface area contributed by atoms with Gasteiger partial charge in [0.15, 0.2) is 0 Å². The molecule has 0 radical (unpaired) electrons. The Morgan fingerprint density at radius 1 is 1.53 bits per heavy atom. The third-order valence-electron chi connectivity index (χ3n) is 3.21. The second-order valence-electron chi connectivity index (χ2n) is 5.28. The van der Waals surface area contributed by atoms with Crippen molar-refractivity contribution in [2.45, 2.75) is 39.3 Å². The first-order chi connectivity index (χ1) is 7.74. The van der Waals surface area contributed by atoms with Gasteiger partial charge < -0.3 is 21.1 Å². The summed E-state index contributed by atoms with van der Waals surface area (Å²) in [5.74, 6) is -0.163. The molecule has 98 valence electrons. The summed E-state index contributed by atoms with van der Waals surface area (Å²) in [5.41, 5.74) is 4.66. The number of aliphatic hydroxyl groups excluding tert-OH is 1. The Balaban J connectivity index is 2.62. The number of likely N-dealkylation sites (tertiary alicyclic amines) is 1. The number of nitrogens with one attached hydrogen (secondary N) is 1. The van der Waals surface area contributed by atoms with Gasteiger partial charge in [-0.25, -0.2) is 4.79 Å². The van der Waals surface area contributed by atoms with Crippen molar-refractivity contribution in [3.05, 3.63) is 0 Å². The smallest absolute Gasteiger partial charge is 0.312 e. The number of carbonyl (C=O) groups is 2. The Bertz CT molecular complexity index is 317. The molecule has 0 saturated carbocycles. The number of amides is 3. The quantitative estimate of drug-likeness (QED) is 0.619. The Morgan fingerprint density at radius 2 is 2.12 bits per heavy atom. The SMILES string of the molecule is CC(NC(N)=O)C(=O)N1CCC(O)C(C)(C)C1. The van der Waals surface area contributed by atoms with Crippen LogP contribution in [0.25, 0.3) is 0 Å². The molecule has 1 heterocycles. The lowest BCUT2D eigenvalue weighted by atomic mass is 9.81. The van der Waals surface area contributed by atoms with Crippen LogP contribution in [0.15, 0.2) is 0 Å². The largest absolute Gasteiger partial charge is 0.392 e. The van der Waals surface area contributed by atoms with E-state index in [0.29, 0.717) is 19.5 Å². The molecule has 6 nitrogen and oxygen atoms in total. The fraction of sp³-hybridized carbons (Fsp3) is 0.818. The van der Waals surface area contributed by atoms with Gasteiger partial charge in [-0.05, 0) is 13.3 Å². The van der Waals surface area contributed by atoms with Crippen LogP contribution in [-0.4, -0.2) is 47.2 Å². The van der Waals surface area contributed by atoms with Gasteiger partial charge in [-0.1, -0.05) is 13.8 Å². The third-order valence-corrected chi connectivity index (χ3v) is 3.21. The topological polar surface area (TPSA) is 95.7 Å². The first kappa shape index (κ1) is 13.8. The zero-order chi connectivity index (χ0) is 13.2. The maximum absolute atomic E-state index is 12.0. The van der Waals surface area contributed by atoms with E-state index < -0.39 is 18.2 Å². The van der Waals surface area contributed by atoms with Gasteiger partial charge >= 0.3 is 6.03 Å². The predicted octanol–water partition coefficient (Wildman–Crippen LogP) is -0.337. The van der Waals surface area contributed by atoms with E-state index in [0.717, 1.165) is 0 Å². The molecule has 3 amide bonds. The summed E-state index contributed by atoms with van der Waals surface area (Å²) in [6.45, 7) is 6.43. The summed E-state index contributed by atoms with van der Waals surface area (Å²) < 4.78 is 0. The number of hydrogen-bond acceptors (Lipinski definition) is 3. The van der Waals surface area contributed by atoms with Crippen molar-refractivity contribution in [2.75, 3.05) is 13.1 Å². The van der Waals surface area contributed by atoms with Gasteiger partial charge in [-0.15, -0.1) is 0 Å². The Hall–Kier alpha value is -1.30. The van der Waals surface area contributed by atoms with Gasteiger partial charge in [0.1, 0.15) is 6.04 Å². The molecule has 1 aliphatic rings. The lowest BCUT2D eigenvalue weighted by molar-refractivity contribution is -0.139. The van der Waals surface area contributed by atoms with E-state index in [2.05, 4.69) is 5.32 Å². The number of piperidine rings is 1. The number of urea groups is 1. The van der Waals surface area contributed by atoms with E-state index in [4.69, 9.17) is 5.73 Å². The zero-order valence-electron chi connectivity index (χ0n) is 10.6. The molecule has 0 aromatic rings. The number of carbonyl (C=O) groups excluding carboxylic acids is 2. The number of rotatable bonds is 2. The molecular weight excluding hydrogens is 222 g/mol. The molecular formula is C11H21N3O3. The minimum absolute atomic E-state index is 0.163. The minimum atomic E-state index is -0.706. The highest BCUT2D eigenvalue weighted by molar-refractivity contribution is 5.86. The van der Waals surface area contributed by atoms with E-state index in [1.807, 2.05) is 13.8 Å². The van der Waals surface area contributed by atoms with Gasteiger partial charge in [-0.2, -0.15) is 0 Å². The summed E-state index contributed by atoms with van der Waals surface area (Å²) in [6, 6.07) is -1.33. The van der Waals surface area contributed by atoms with Crippen LogP contribution in [0.2, 0.25) is 0 Å². The van der Waals surface area contributed by atoms with Gasteiger partial charge in [-0.3, -0.25) is 4.79 Å². The van der Waals surface area contributed by atoms with Crippen molar-refractivity contribution < 1.29 is 14.7 Å². The molecule has 1 fully saturated rings. The van der Waals surface area contributed by atoms with E-state index in [9.17, 15) is 14.7 Å². The second-order valence-corrected chi connectivity index (χ2v) is 5.28. The Kier molecular flexibility index (Phi) is 3.98. The van der Waals surface area contributed by atoms with Crippen LogP contribution in [0.3, 0.4) is 0 Å². The standard InChI is InChI=1S/C11H21N3O3/c1-7(13-10(12)17)9(16)14-5-4-8(15)11(2,3)6-14/h7-8,15H,4-6H2,1-3H3,(H3,12,13,17). The molecule has 1 rings (SSSR count). The lowest BCUT2D eigenvalue weighted by Gasteiger charge is -2.42. The van der Waals surface area contributed by atoms with Crippen LogP contribution < -0.4 is 11.1 Å². The van der Waals surface area contributed by atoms with Crippen LogP contribution in [0.4, 0.5) is 4.79 Å².